The number of likely N-dealkylation sites (N-methyl/N-ethyl adjacent to an activating group) is 1. The topological polar surface area (TPSA) is 71.0 Å². The van der Waals surface area contributed by atoms with Gasteiger partial charge in [-0.1, -0.05) is 6.07 Å². The molecule has 0 spiro atoms. The Bertz CT molecular complexity index is 1080. The number of aromatic nitrogens is 3. The van der Waals surface area contributed by atoms with Crippen LogP contribution < -0.4 is 5.32 Å². The normalized spacial score (nSPS) is 16.3. The number of hydrogen-bond donors (Lipinski definition) is 1. The first-order valence-electron chi connectivity index (χ1n) is 11.1. The van der Waals surface area contributed by atoms with Gasteiger partial charge in [-0.2, -0.15) is 0 Å². The van der Waals surface area contributed by atoms with Gasteiger partial charge in [0.1, 0.15) is 23.7 Å². The number of pyridine rings is 1. The second kappa shape index (κ2) is 11.7. The molecule has 1 fully saturated rings. The summed E-state index contributed by atoms with van der Waals surface area (Å²) in [5.41, 5.74) is 2.42. The lowest BCUT2D eigenvalue weighted by Gasteiger charge is -2.29. The summed E-state index contributed by atoms with van der Waals surface area (Å²) >= 11 is 0. The van der Waals surface area contributed by atoms with Crippen LogP contribution in [0.2, 0.25) is 0 Å². The summed E-state index contributed by atoms with van der Waals surface area (Å²) in [7, 11) is 2.13. The van der Waals surface area contributed by atoms with Crippen LogP contribution in [-0.2, 0) is 4.79 Å². The fourth-order valence-corrected chi connectivity index (χ4v) is 3.61. The highest BCUT2D eigenvalue weighted by molar-refractivity contribution is 5.65. The number of carbonyl (C=O) groups excluding carboxylic acids is 1. The van der Waals surface area contributed by atoms with Crippen LogP contribution in [0.4, 0.5) is 24.7 Å². The van der Waals surface area contributed by atoms with Gasteiger partial charge < -0.3 is 15.0 Å². The van der Waals surface area contributed by atoms with Crippen LogP contribution in [0, 0.1) is 5.82 Å². The lowest BCUT2D eigenvalue weighted by Crippen LogP contribution is -2.31. The zero-order valence-corrected chi connectivity index (χ0v) is 19.2. The van der Waals surface area contributed by atoms with Gasteiger partial charge in [-0.05, 0) is 63.7 Å². The number of aldehydes is 1. The van der Waals surface area contributed by atoms with E-state index >= 15 is 0 Å². The van der Waals surface area contributed by atoms with Crippen LogP contribution in [0.5, 0.6) is 0 Å². The van der Waals surface area contributed by atoms with Gasteiger partial charge in [-0.25, -0.2) is 23.1 Å². The van der Waals surface area contributed by atoms with Gasteiger partial charge in [-0.15, -0.1) is 0 Å². The number of nitrogens with zero attached hydrogens (tertiary/aromatic N) is 4. The Morgan fingerprint density at radius 2 is 2.03 bits per heavy atom. The number of alkyl halides is 2. The van der Waals surface area contributed by atoms with Crippen molar-refractivity contribution in [3.05, 3.63) is 66.5 Å². The van der Waals surface area contributed by atoms with Crippen molar-refractivity contribution in [2.75, 3.05) is 25.5 Å². The van der Waals surface area contributed by atoms with Gasteiger partial charge in [0.05, 0.1) is 12.1 Å². The summed E-state index contributed by atoms with van der Waals surface area (Å²) in [6.45, 7) is 2.75. The largest absolute Gasteiger partial charge is 0.340 e. The monoisotopic (exact) mass is 471 g/mol. The molecule has 1 aliphatic rings. The van der Waals surface area contributed by atoms with Crippen molar-refractivity contribution in [3.63, 3.8) is 0 Å². The minimum absolute atomic E-state index is 0.208. The molecule has 34 heavy (non-hydrogen) atoms. The summed E-state index contributed by atoms with van der Waals surface area (Å²) in [5.74, 6) is -1.33. The molecule has 1 unspecified atom stereocenters. The summed E-state index contributed by atoms with van der Waals surface area (Å²) in [6.07, 6.45) is 5.28. The number of nitrogens with one attached hydrogen (secondary N) is 1. The molecule has 0 saturated carbocycles. The Kier molecular flexibility index (Phi) is 8.70. The SMILES string of the molecule is CC(F)(F)CC=O.CN1CCCC(c2nc(Nc3cccc(F)c3)cc(-c3cccnc3)n2)C1. The van der Waals surface area contributed by atoms with Crippen molar-refractivity contribution in [2.24, 2.45) is 0 Å². The summed E-state index contributed by atoms with van der Waals surface area (Å²) in [5, 5.41) is 3.22. The molecule has 1 saturated heterocycles. The number of rotatable bonds is 6. The van der Waals surface area contributed by atoms with Crippen molar-refractivity contribution in [1.29, 1.82) is 0 Å². The van der Waals surface area contributed by atoms with Gasteiger partial charge in [0.25, 0.3) is 5.92 Å². The Labute approximate surface area is 197 Å². The molecule has 4 rings (SSSR count). The summed E-state index contributed by atoms with van der Waals surface area (Å²) in [6, 6.07) is 12.2. The molecule has 6 nitrogen and oxygen atoms in total. The summed E-state index contributed by atoms with van der Waals surface area (Å²) in [4.78, 5) is 25.4. The van der Waals surface area contributed by atoms with Gasteiger partial charge in [0.15, 0.2) is 0 Å². The number of hydrogen-bond acceptors (Lipinski definition) is 6. The number of benzene rings is 1. The average molecular weight is 472 g/mol. The van der Waals surface area contributed by atoms with Crippen LogP contribution in [0.1, 0.15) is 37.9 Å². The van der Waals surface area contributed by atoms with Crippen LogP contribution in [0.3, 0.4) is 0 Å². The molecule has 0 bridgehead atoms. The molecular formula is C25H28F3N5O. The molecule has 1 N–H and O–H groups in total. The van der Waals surface area contributed by atoms with E-state index in [1.54, 1.807) is 18.5 Å². The number of anilines is 2. The fraction of sp³-hybridized carbons (Fsp3) is 0.360. The third kappa shape index (κ3) is 7.91. The molecule has 0 aliphatic carbocycles. The van der Waals surface area contributed by atoms with Crippen LogP contribution in [0.25, 0.3) is 11.3 Å². The highest BCUT2D eigenvalue weighted by Gasteiger charge is 2.23. The lowest BCUT2D eigenvalue weighted by molar-refractivity contribution is -0.113. The van der Waals surface area contributed by atoms with Crippen molar-refractivity contribution < 1.29 is 18.0 Å². The van der Waals surface area contributed by atoms with Crippen LogP contribution >= 0.6 is 0 Å². The Morgan fingerprint density at radius 1 is 1.21 bits per heavy atom. The maximum atomic E-state index is 13.5. The summed E-state index contributed by atoms with van der Waals surface area (Å²) < 4.78 is 36.5. The molecule has 3 heterocycles. The first-order chi connectivity index (χ1) is 16.2. The van der Waals surface area contributed by atoms with E-state index in [4.69, 9.17) is 9.97 Å². The maximum absolute atomic E-state index is 13.5. The lowest BCUT2D eigenvalue weighted by atomic mass is 9.97. The van der Waals surface area contributed by atoms with Gasteiger partial charge in [0, 0.05) is 42.2 Å². The van der Waals surface area contributed by atoms with Crippen molar-refractivity contribution >= 4 is 17.8 Å². The average Bonchev–Trinajstić information content (AvgIpc) is 2.79. The number of halogens is 3. The Hall–Kier alpha value is -3.33. The van der Waals surface area contributed by atoms with Gasteiger partial charge >= 0.3 is 0 Å². The molecule has 0 radical (unpaired) electrons. The second-order valence-corrected chi connectivity index (χ2v) is 8.42. The molecule has 180 valence electrons. The molecule has 3 aromatic rings. The highest BCUT2D eigenvalue weighted by Crippen LogP contribution is 2.28. The van der Waals surface area contributed by atoms with E-state index < -0.39 is 12.3 Å². The zero-order chi connectivity index (χ0) is 24.6. The van der Waals surface area contributed by atoms with Gasteiger partial charge in [0.2, 0.25) is 0 Å². The molecule has 1 aromatic carbocycles. The van der Waals surface area contributed by atoms with Crippen molar-refractivity contribution in [2.45, 2.75) is 38.0 Å². The predicted molar refractivity (Wildman–Crippen MR) is 126 cm³/mol. The third-order valence-corrected chi connectivity index (χ3v) is 5.23. The highest BCUT2D eigenvalue weighted by atomic mass is 19.3. The molecule has 9 heteroatoms. The van der Waals surface area contributed by atoms with E-state index in [9.17, 15) is 18.0 Å². The third-order valence-electron chi connectivity index (χ3n) is 5.23. The molecular weight excluding hydrogens is 443 g/mol. The van der Waals surface area contributed by atoms with E-state index in [-0.39, 0.29) is 18.0 Å². The van der Waals surface area contributed by atoms with E-state index in [1.807, 2.05) is 24.3 Å². The minimum atomic E-state index is -2.82. The van der Waals surface area contributed by atoms with E-state index in [1.165, 1.54) is 12.1 Å². The van der Waals surface area contributed by atoms with E-state index in [0.717, 1.165) is 43.0 Å². The van der Waals surface area contributed by atoms with Crippen LogP contribution in [-0.4, -0.2) is 52.2 Å². The zero-order valence-electron chi connectivity index (χ0n) is 19.2. The number of carbonyl (C=O) groups is 1. The van der Waals surface area contributed by atoms with Gasteiger partial charge in [-0.3, -0.25) is 4.98 Å². The quantitative estimate of drug-likeness (QED) is 0.482. The first kappa shape index (κ1) is 25.3. The molecule has 1 aliphatic heterocycles. The Morgan fingerprint density at radius 3 is 2.65 bits per heavy atom. The van der Waals surface area contributed by atoms with Crippen molar-refractivity contribution in [3.8, 4) is 11.3 Å². The fourth-order valence-electron chi connectivity index (χ4n) is 3.61. The predicted octanol–water partition coefficient (Wildman–Crippen LogP) is 5.46. The van der Waals surface area contributed by atoms with E-state index in [2.05, 4.69) is 22.2 Å². The van der Waals surface area contributed by atoms with Crippen LogP contribution in [0.15, 0.2) is 54.9 Å². The molecule has 0 amide bonds. The number of likely N-dealkylation sites (tertiary alicyclic amines) is 1. The standard InChI is InChI=1S/C21H22FN5.C4H6F2O/c1-27-10-4-6-16(14-27)21-25-19(15-5-3-9-23-13-15)12-20(26-21)24-18-8-2-7-17(22)11-18;1-4(5,6)2-3-7/h2-3,5,7-9,11-13,16H,4,6,10,14H2,1H3,(H,24,25,26);3H,2H2,1H3. The Balaban J connectivity index is 0.000000406. The smallest absolute Gasteiger partial charge is 0.251 e. The molecule has 2 aromatic heterocycles. The second-order valence-electron chi connectivity index (χ2n) is 8.42. The number of piperidine rings is 1. The maximum Gasteiger partial charge on any atom is 0.251 e. The van der Waals surface area contributed by atoms with Crippen molar-refractivity contribution in [1.82, 2.24) is 19.9 Å². The molecule has 1 atom stereocenters. The minimum Gasteiger partial charge on any atom is -0.340 e. The first-order valence-corrected chi connectivity index (χ1v) is 11.1. The van der Waals surface area contributed by atoms with E-state index in [0.29, 0.717) is 18.4 Å².